The molecule has 0 saturated carbocycles. The number of ether oxygens (including phenoxy) is 1. The number of aromatic nitrogens is 3. The van der Waals surface area contributed by atoms with E-state index >= 15 is 0 Å². The van der Waals surface area contributed by atoms with Crippen LogP contribution in [0.4, 0.5) is 13.2 Å². The summed E-state index contributed by atoms with van der Waals surface area (Å²) >= 11 is 11.7. The molecule has 0 aliphatic carbocycles. The van der Waals surface area contributed by atoms with E-state index < -0.39 is 23.2 Å². The summed E-state index contributed by atoms with van der Waals surface area (Å²) in [5, 5.41) is 0.237. The molecule has 2 aromatic carbocycles. The molecule has 0 unspecified atom stereocenters. The van der Waals surface area contributed by atoms with E-state index in [4.69, 9.17) is 27.9 Å². The van der Waals surface area contributed by atoms with Gasteiger partial charge in [-0.05, 0) is 23.8 Å². The van der Waals surface area contributed by atoms with E-state index in [1.54, 1.807) is 42.5 Å². The maximum atomic E-state index is 13.8. The lowest BCUT2D eigenvalue weighted by Gasteiger charge is -2.15. The molecule has 5 nitrogen and oxygen atoms in total. The fraction of sp³-hybridized carbons (Fsp3) is 0.0455. The number of nitrogens with zero attached hydrogens (tertiary/aromatic N) is 2. The van der Waals surface area contributed by atoms with Gasteiger partial charge in [0.25, 0.3) is 5.56 Å². The zero-order valence-electron chi connectivity index (χ0n) is 16.0. The molecule has 4 aromatic rings. The average molecular weight is 478 g/mol. The highest BCUT2D eigenvalue weighted by Crippen LogP contribution is 2.37. The van der Waals surface area contributed by atoms with Crippen molar-refractivity contribution in [3.8, 4) is 34.1 Å². The minimum absolute atomic E-state index is 0.0553. The van der Waals surface area contributed by atoms with Crippen LogP contribution in [0.5, 0.6) is 11.5 Å². The molecule has 162 valence electrons. The maximum absolute atomic E-state index is 13.8. The van der Waals surface area contributed by atoms with Crippen LogP contribution in [0.25, 0.3) is 22.6 Å². The first kappa shape index (κ1) is 21.9. The summed E-state index contributed by atoms with van der Waals surface area (Å²) in [4.78, 5) is 22.8. The summed E-state index contributed by atoms with van der Waals surface area (Å²) in [7, 11) is 0. The molecule has 0 fully saturated rings. The van der Waals surface area contributed by atoms with Crippen LogP contribution in [-0.2, 0) is 6.18 Å². The first-order valence-corrected chi connectivity index (χ1v) is 9.85. The molecule has 10 heteroatoms. The second-order valence-electron chi connectivity index (χ2n) is 6.53. The van der Waals surface area contributed by atoms with Gasteiger partial charge in [-0.2, -0.15) is 13.2 Å². The Hall–Kier alpha value is -3.36. The van der Waals surface area contributed by atoms with Gasteiger partial charge in [0, 0.05) is 17.8 Å². The van der Waals surface area contributed by atoms with Gasteiger partial charge in [-0.25, -0.2) is 4.98 Å². The van der Waals surface area contributed by atoms with Crippen molar-refractivity contribution >= 4 is 23.2 Å². The Labute approximate surface area is 189 Å². The third kappa shape index (κ3) is 4.46. The largest absolute Gasteiger partial charge is 0.449 e. The summed E-state index contributed by atoms with van der Waals surface area (Å²) in [6, 6.07) is 16.0. The Bertz CT molecular complexity index is 1340. The number of hydrogen-bond acceptors (Lipinski definition) is 4. The van der Waals surface area contributed by atoms with Crippen molar-refractivity contribution < 1.29 is 17.9 Å². The van der Waals surface area contributed by atoms with Gasteiger partial charge in [-0.3, -0.25) is 9.78 Å². The standard InChI is InChI=1S/C22H12Cl2F3N3O2/c23-15-9-8-13(11-16(15)24)32-18-19(22(25,26)27)29-20(30-21(18)31)17-14(7-4-10-28-17)12-5-2-1-3-6-12/h1-11H,(H,29,30,31). The van der Waals surface area contributed by atoms with Gasteiger partial charge >= 0.3 is 6.18 Å². The number of hydrogen-bond donors (Lipinski definition) is 1. The molecule has 2 heterocycles. The van der Waals surface area contributed by atoms with Crippen molar-refractivity contribution in [1.82, 2.24) is 15.0 Å². The van der Waals surface area contributed by atoms with E-state index in [-0.39, 0.29) is 27.3 Å². The molecule has 0 amide bonds. The number of benzene rings is 2. The second-order valence-corrected chi connectivity index (χ2v) is 7.35. The minimum atomic E-state index is -4.98. The highest BCUT2D eigenvalue weighted by molar-refractivity contribution is 6.42. The average Bonchev–Trinajstić information content (AvgIpc) is 2.77. The third-order valence-electron chi connectivity index (χ3n) is 4.37. The van der Waals surface area contributed by atoms with Crippen LogP contribution in [-0.4, -0.2) is 15.0 Å². The van der Waals surface area contributed by atoms with Crippen LogP contribution in [0, 0.1) is 0 Å². The Balaban J connectivity index is 1.87. The van der Waals surface area contributed by atoms with E-state index in [1.165, 1.54) is 24.4 Å². The maximum Gasteiger partial charge on any atom is 0.437 e. The highest BCUT2D eigenvalue weighted by Gasteiger charge is 2.39. The van der Waals surface area contributed by atoms with E-state index in [1.807, 2.05) is 0 Å². The Morgan fingerprint density at radius 3 is 2.38 bits per heavy atom. The summed E-state index contributed by atoms with van der Waals surface area (Å²) in [6.07, 6.45) is -3.58. The van der Waals surface area contributed by atoms with Crippen molar-refractivity contribution in [1.29, 1.82) is 0 Å². The van der Waals surface area contributed by atoms with Gasteiger partial charge in [0.05, 0.1) is 10.0 Å². The summed E-state index contributed by atoms with van der Waals surface area (Å²) < 4.78 is 46.7. The molecule has 0 aliphatic heterocycles. The molecule has 2 aromatic heterocycles. The van der Waals surface area contributed by atoms with Gasteiger partial charge < -0.3 is 9.72 Å². The molecule has 32 heavy (non-hydrogen) atoms. The van der Waals surface area contributed by atoms with E-state index in [0.717, 1.165) is 0 Å². The number of halogens is 5. The summed E-state index contributed by atoms with van der Waals surface area (Å²) in [5.41, 5.74) is -1.34. The predicted octanol–water partition coefficient (Wildman–Crippen LogP) is 6.62. The summed E-state index contributed by atoms with van der Waals surface area (Å²) in [5.74, 6) is -1.46. The monoisotopic (exact) mass is 477 g/mol. The van der Waals surface area contributed by atoms with Crippen molar-refractivity contribution in [2.45, 2.75) is 6.18 Å². The third-order valence-corrected chi connectivity index (χ3v) is 5.11. The Morgan fingerprint density at radius 2 is 1.69 bits per heavy atom. The van der Waals surface area contributed by atoms with Crippen LogP contribution in [0.3, 0.4) is 0 Å². The Morgan fingerprint density at radius 1 is 0.938 bits per heavy atom. The van der Waals surface area contributed by atoms with Gasteiger partial charge in [0.15, 0.2) is 11.5 Å². The molecule has 0 atom stereocenters. The number of alkyl halides is 3. The highest BCUT2D eigenvalue weighted by atomic mass is 35.5. The Kier molecular flexibility index (Phi) is 5.90. The van der Waals surface area contributed by atoms with Gasteiger partial charge in [-0.15, -0.1) is 0 Å². The molecule has 0 spiro atoms. The number of nitrogens with one attached hydrogen (secondary N) is 1. The van der Waals surface area contributed by atoms with Crippen molar-refractivity contribution in [2.24, 2.45) is 0 Å². The van der Waals surface area contributed by atoms with E-state index in [9.17, 15) is 18.0 Å². The zero-order valence-corrected chi connectivity index (χ0v) is 17.5. The number of pyridine rings is 1. The number of aromatic amines is 1. The molecule has 1 N–H and O–H groups in total. The normalized spacial score (nSPS) is 11.4. The van der Waals surface area contributed by atoms with E-state index in [2.05, 4.69) is 15.0 Å². The van der Waals surface area contributed by atoms with Crippen LogP contribution in [0.15, 0.2) is 71.7 Å². The smallest absolute Gasteiger partial charge is 0.437 e. The van der Waals surface area contributed by atoms with Crippen LogP contribution >= 0.6 is 23.2 Å². The predicted molar refractivity (Wildman–Crippen MR) is 115 cm³/mol. The van der Waals surface area contributed by atoms with Crippen LogP contribution in [0.2, 0.25) is 10.0 Å². The number of rotatable bonds is 4. The molecular formula is C22H12Cl2F3N3O2. The van der Waals surface area contributed by atoms with Crippen molar-refractivity contribution in [3.63, 3.8) is 0 Å². The minimum Gasteiger partial charge on any atom is -0.449 e. The quantitative estimate of drug-likeness (QED) is 0.358. The van der Waals surface area contributed by atoms with Gasteiger partial charge in [0.1, 0.15) is 11.4 Å². The SMILES string of the molecule is O=c1[nH]c(-c2ncccc2-c2ccccc2)nc(C(F)(F)F)c1Oc1ccc(Cl)c(Cl)c1. The fourth-order valence-corrected chi connectivity index (χ4v) is 3.25. The lowest BCUT2D eigenvalue weighted by molar-refractivity contribution is -0.142. The molecule has 4 rings (SSSR count). The molecular weight excluding hydrogens is 466 g/mol. The van der Waals surface area contributed by atoms with Gasteiger partial charge in [-0.1, -0.05) is 59.6 Å². The van der Waals surface area contributed by atoms with Crippen molar-refractivity contribution in [2.75, 3.05) is 0 Å². The summed E-state index contributed by atoms with van der Waals surface area (Å²) in [6.45, 7) is 0. The van der Waals surface area contributed by atoms with Crippen LogP contribution < -0.4 is 10.3 Å². The molecule has 0 radical (unpaired) electrons. The first-order valence-electron chi connectivity index (χ1n) is 9.09. The fourth-order valence-electron chi connectivity index (χ4n) is 2.96. The first-order chi connectivity index (χ1) is 15.2. The van der Waals surface area contributed by atoms with Crippen molar-refractivity contribution in [3.05, 3.63) is 93.0 Å². The van der Waals surface area contributed by atoms with Gasteiger partial charge in [0.2, 0.25) is 5.75 Å². The van der Waals surface area contributed by atoms with Crippen LogP contribution in [0.1, 0.15) is 5.69 Å². The topological polar surface area (TPSA) is 67.9 Å². The van der Waals surface area contributed by atoms with E-state index in [0.29, 0.717) is 11.1 Å². The lowest BCUT2D eigenvalue weighted by Crippen LogP contribution is -2.21. The molecule has 0 saturated heterocycles. The molecule has 0 aliphatic rings. The lowest BCUT2D eigenvalue weighted by atomic mass is 10.0. The molecule has 0 bridgehead atoms. The number of H-pyrrole nitrogens is 1. The second kappa shape index (κ2) is 8.64. The zero-order chi connectivity index (χ0) is 22.9.